The van der Waals surface area contributed by atoms with Gasteiger partial charge in [-0.3, -0.25) is 19.3 Å². The van der Waals surface area contributed by atoms with E-state index in [4.69, 9.17) is 11.6 Å². The molecule has 7 nitrogen and oxygen atoms in total. The predicted octanol–water partition coefficient (Wildman–Crippen LogP) is 2.38. The molecule has 1 heterocycles. The Labute approximate surface area is 169 Å². The molecule has 9 heteroatoms. The van der Waals surface area contributed by atoms with Gasteiger partial charge in [-0.2, -0.15) is 0 Å². The predicted molar refractivity (Wildman–Crippen MR) is 104 cm³/mol. The van der Waals surface area contributed by atoms with Crippen LogP contribution in [0.1, 0.15) is 15.9 Å². The van der Waals surface area contributed by atoms with Crippen LogP contribution >= 0.6 is 23.4 Å². The largest absolute Gasteiger partial charge is 0.545 e. The third kappa shape index (κ3) is 4.59. The summed E-state index contributed by atoms with van der Waals surface area (Å²) >= 11 is 6.57. The fourth-order valence-corrected chi connectivity index (χ4v) is 3.34. The maximum absolute atomic E-state index is 12.4. The van der Waals surface area contributed by atoms with E-state index in [0.717, 1.165) is 16.7 Å². The summed E-state index contributed by atoms with van der Waals surface area (Å²) in [6, 6.07) is 12.1. The van der Waals surface area contributed by atoms with E-state index in [9.17, 15) is 24.3 Å². The van der Waals surface area contributed by atoms with Crippen molar-refractivity contribution in [1.82, 2.24) is 4.90 Å². The van der Waals surface area contributed by atoms with Crippen LogP contribution in [-0.2, 0) is 9.59 Å². The summed E-state index contributed by atoms with van der Waals surface area (Å²) in [6.07, 6.45) is 1.55. The van der Waals surface area contributed by atoms with E-state index < -0.39 is 29.6 Å². The number of halogens is 1. The number of carboxylic acids is 1. The summed E-state index contributed by atoms with van der Waals surface area (Å²) < 4.78 is 0. The monoisotopic (exact) mass is 415 g/mol. The van der Waals surface area contributed by atoms with Gasteiger partial charge in [-0.1, -0.05) is 35.9 Å². The van der Waals surface area contributed by atoms with Gasteiger partial charge in [0.2, 0.25) is 5.91 Å². The zero-order valence-corrected chi connectivity index (χ0v) is 15.8. The number of carbonyl (C=O) groups is 4. The molecule has 0 atom stereocenters. The van der Waals surface area contributed by atoms with Gasteiger partial charge < -0.3 is 15.2 Å². The maximum atomic E-state index is 12.4. The van der Waals surface area contributed by atoms with Crippen molar-refractivity contribution in [3.8, 4) is 0 Å². The number of carboxylic acid groups (broad SMARTS) is 1. The van der Waals surface area contributed by atoms with Gasteiger partial charge in [0.1, 0.15) is 6.54 Å². The van der Waals surface area contributed by atoms with Crippen LogP contribution in [0.25, 0.3) is 6.08 Å². The molecule has 0 saturated carbocycles. The lowest BCUT2D eigenvalue weighted by molar-refractivity contribution is -0.255. The first-order valence-corrected chi connectivity index (χ1v) is 9.15. The summed E-state index contributed by atoms with van der Waals surface area (Å²) in [5.74, 6) is -2.48. The van der Waals surface area contributed by atoms with Gasteiger partial charge in [-0.05, 0) is 53.2 Å². The van der Waals surface area contributed by atoms with E-state index >= 15 is 0 Å². The lowest BCUT2D eigenvalue weighted by Gasteiger charge is -2.12. The summed E-state index contributed by atoms with van der Waals surface area (Å²) in [5, 5.41) is 13.2. The van der Waals surface area contributed by atoms with Crippen molar-refractivity contribution in [2.45, 2.75) is 0 Å². The molecule has 0 aromatic heterocycles. The molecule has 1 aliphatic rings. The molecule has 1 fully saturated rings. The second-order valence-corrected chi connectivity index (χ2v) is 7.16. The number of anilines is 1. The molecule has 0 bridgehead atoms. The van der Waals surface area contributed by atoms with Crippen LogP contribution in [0.5, 0.6) is 0 Å². The number of rotatable bonds is 5. The molecule has 28 heavy (non-hydrogen) atoms. The Morgan fingerprint density at radius 1 is 1.07 bits per heavy atom. The number of amides is 3. The minimum atomic E-state index is -1.33. The second kappa shape index (κ2) is 8.28. The van der Waals surface area contributed by atoms with E-state index in [0.29, 0.717) is 16.3 Å². The van der Waals surface area contributed by atoms with Gasteiger partial charge in [-0.15, -0.1) is 0 Å². The number of thioether (sulfide) groups is 1. The molecule has 3 amide bonds. The summed E-state index contributed by atoms with van der Waals surface area (Å²) in [5.41, 5.74) is 1.00. The summed E-state index contributed by atoms with van der Waals surface area (Å²) in [4.78, 5) is 48.5. The first-order valence-electron chi connectivity index (χ1n) is 7.95. The molecule has 2 aromatic carbocycles. The molecule has 0 unspecified atom stereocenters. The zero-order valence-electron chi connectivity index (χ0n) is 14.2. The topological polar surface area (TPSA) is 107 Å². The van der Waals surface area contributed by atoms with Crippen molar-refractivity contribution < 1.29 is 24.3 Å². The molecule has 0 aliphatic carbocycles. The van der Waals surface area contributed by atoms with Crippen molar-refractivity contribution in [3.05, 3.63) is 69.6 Å². The van der Waals surface area contributed by atoms with E-state index in [1.807, 2.05) is 0 Å². The molecule has 142 valence electrons. The first kappa shape index (κ1) is 19.7. The number of benzene rings is 2. The lowest BCUT2D eigenvalue weighted by Crippen LogP contribution is -2.36. The summed E-state index contributed by atoms with van der Waals surface area (Å²) in [6.45, 7) is -0.454. The number of nitrogens with one attached hydrogen (secondary N) is 1. The highest BCUT2D eigenvalue weighted by molar-refractivity contribution is 8.18. The van der Waals surface area contributed by atoms with Crippen molar-refractivity contribution in [3.63, 3.8) is 0 Å². The molecule has 1 N–H and O–H groups in total. The SMILES string of the molecule is O=C(CN1C(=O)S/C(=C\c2ccc(Cl)cc2)C1=O)Nc1ccc(C(=O)[O-])cc1. The van der Waals surface area contributed by atoms with Gasteiger partial charge >= 0.3 is 0 Å². The Hall–Kier alpha value is -3.10. The third-order valence-corrected chi connectivity index (χ3v) is 4.91. The van der Waals surface area contributed by atoms with Crippen LogP contribution < -0.4 is 10.4 Å². The number of hydrogen-bond donors (Lipinski definition) is 1. The Kier molecular flexibility index (Phi) is 5.81. The Bertz CT molecular complexity index is 986. The van der Waals surface area contributed by atoms with Crippen molar-refractivity contribution in [2.24, 2.45) is 0 Å². The zero-order chi connectivity index (χ0) is 20.3. The molecule has 0 radical (unpaired) electrons. The minimum Gasteiger partial charge on any atom is -0.545 e. The van der Waals surface area contributed by atoms with Crippen LogP contribution in [0.2, 0.25) is 5.02 Å². The summed E-state index contributed by atoms with van der Waals surface area (Å²) in [7, 11) is 0. The number of carbonyl (C=O) groups excluding carboxylic acids is 4. The maximum Gasteiger partial charge on any atom is 0.294 e. The average molecular weight is 416 g/mol. The third-order valence-electron chi connectivity index (χ3n) is 3.75. The van der Waals surface area contributed by atoms with Crippen molar-refractivity contribution in [2.75, 3.05) is 11.9 Å². The Morgan fingerprint density at radius 3 is 2.32 bits per heavy atom. The Balaban J connectivity index is 1.65. The molecule has 0 spiro atoms. The highest BCUT2D eigenvalue weighted by Crippen LogP contribution is 2.32. The smallest absolute Gasteiger partial charge is 0.294 e. The fraction of sp³-hybridized carbons (Fsp3) is 0.0526. The normalized spacial score (nSPS) is 15.2. The quantitative estimate of drug-likeness (QED) is 0.751. The molecule has 1 saturated heterocycles. The Morgan fingerprint density at radius 2 is 1.71 bits per heavy atom. The number of aromatic carboxylic acids is 1. The first-order chi connectivity index (χ1) is 13.3. The fourth-order valence-electron chi connectivity index (χ4n) is 2.38. The van der Waals surface area contributed by atoms with Gasteiger partial charge in [0.25, 0.3) is 11.1 Å². The van der Waals surface area contributed by atoms with Gasteiger partial charge in [-0.25, -0.2) is 0 Å². The number of hydrogen-bond acceptors (Lipinski definition) is 6. The standard InChI is InChI=1S/C19H13ClN2O5S/c20-13-5-1-11(2-6-13)9-15-17(24)22(19(27)28-15)10-16(23)21-14-7-3-12(4-8-14)18(25)26/h1-9H,10H2,(H,21,23)(H,25,26)/p-1/b15-9-. The van der Waals surface area contributed by atoms with Crippen LogP contribution in [-0.4, -0.2) is 34.5 Å². The van der Waals surface area contributed by atoms with Crippen LogP contribution in [0.4, 0.5) is 10.5 Å². The number of nitrogens with zero attached hydrogens (tertiary/aromatic N) is 1. The molecular weight excluding hydrogens is 404 g/mol. The van der Waals surface area contributed by atoms with Crippen LogP contribution in [0, 0.1) is 0 Å². The van der Waals surface area contributed by atoms with Crippen LogP contribution in [0.3, 0.4) is 0 Å². The molecular formula is C19H12ClN2O5S-. The number of imide groups is 1. The second-order valence-electron chi connectivity index (χ2n) is 5.73. The van der Waals surface area contributed by atoms with E-state index in [1.165, 1.54) is 24.3 Å². The highest BCUT2D eigenvalue weighted by Gasteiger charge is 2.36. The van der Waals surface area contributed by atoms with E-state index in [1.54, 1.807) is 30.3 Å². The van der Waals surface area contributed by atoms with E-state index in [-0.39, 0.29) is 10.5 Å². The lowest BCUT2D eigenvalue weighted by atomic mass is 10.2. The average Bonchev–Trinajstić information content (AvgIpc) is 2.91. The van der Waals surface area contributed by atoms with Gasteiger partial charge in [0.15, 0.2) is 0 Å². The van der Waals surface area contributed by atoms with Crippen molar-refractivity contribution >= 4 is 58.1 Å². The molecule has 2 aromatic rings. The van der Waals surface area contributed by atoms with Gasteiger partial charge in [0.05, 0.1) is 10.9 Å². The van der Waals surface area contributed by atoms with Crippen LogP contribution in [0.15, 0.2) is 53.4 Å². The molecule has 3 rings (SSSR count). The molecule has 1 aliphatic heterocycles. The minimum absolute atomic E-state index is 0.0312. The van der Waals surface area contributed by atoms with Crippen molar-refractivity contribution in [1.29, 1.82) is 0 Å². The highest BCUT2D eigenvalue weighted by atomic mass is 35.5. The van der Waals surface area contributed by atoms with E-state index in [2.05, 4.69) is 5.32 Å². The van der Waals surface area contributed by atoms with Gasteiger partial charge in [0, 0.05) is 10.7 Å².